The van der Waals surface area contributed by atoms with E-state index >= 15 is 0 Å². The van der Waals surface area contributed by atoms with Crippen LogP contribution in [0, 0.1) is 5.82 Å². The Bertz CT molecular complexity index is 1100. The molecule has 9 nitrogen and oxygen atoms in total. The third-order valence-corrected chi connectivity index (χ3v) is 5.37. The number of halogens is 1. The lowest BCUT2D eigenvalue weighted by Crippen LogP contribution is -2.49. The molecule has 1 atom stereocenters. The first-order valence-corrected chi connectivity index (χ1v) is 11.0. The maximum Gasteiger partial charge on any atom is 0.338 e. The first-order chi connectivity index (χ1) is 16.9. The first-order valence-electron chi connectivity index (χ1n) is 11.0. The maximum atomic E-state index is 14.0. The highest BCUT2D eigenvalue weighted by atomic mass is 19.1. The number of carbonyl (C=O) groups is 3. The van der Waals surface area contributed by atoms with Crippen molar-refractivity contribution in [3.05, 3.63) is 76.7 Å². The highest BCUT2D eigenvalue weighted by Gasteiger charge is 2.35. The summed E-state index contributed by atoms with van der Waals surface area (Å²) in [5, 5.41) is 5.28. The number of esters is 1. The molecule has 35 heavy (non-hydrogen) atoms. The number of methoxy groups -OCH3 is 2. The lowest BCUT2D eigenvalue weighted by Gasteiger charge is -2.32. The fourth-order valence-corrected chi connectivity index (χ4v) is 3.69. The van der Waals surface area contributed by atoms with Crippen LogP contribution >= 0.6 is 0 Å². The van der Waals surface area contributed by atoms with Gasteiger partial charge >= 0.3 is 12.0 Å². The van der Waals surface area contributed by atoms with Gasteiger partial charge in [-0.15, -0.1) is 0 Å². The predicted octanol–water partition coefficient (Wildman–Crippen LogP) is 2.79. The molecule has 2 aromatic carbocycles. The predicted molar refractivity (Wildman–Crippen MR) is 125 cm³/mol. The van der Waals surface area contributed by atoms with Gasteiger partial charge in [-0.3, -0.25) is 4.79 Å². The van der Waals surface area contributed by atoms with Crippen molar-refractivity contribution in [3.63, 3.8) is 0 Å². The van der Waals surface area contributed by atoms with E-state index in [1.165, 1.54) is 37.3 Å². The normalized spacial score (nSPS) is 15.2. The largest absolute Gasteiger partial charge is 0.497 e. The number of hydrogen-bond donors (Lipinski definition) is 2. The summed E-state index contributed by atoms with van der Waals surface area (Å²) >= 11 is 0. The number of amides is 3. The van der Waals surface area contributed by atoms with Gasteiger partial charge in [0.25, 0.3) is 5.91 Å². The molecule has 0 saturated heterocycles. The van der Waals surface area contributed by atoms with Crippen LogP contribution in [0.25, 0.3) is 0 Å². The van der Waals surface area contributed by atoms with Gasteiger partial charge in [-0.1, -0.05) is 12.1 Å². The third kappa shape index (κ3) is 6.36. The molecule has 0 aliphatic carbocycles. The van der Waals surface area contributed by atoms with Crippen molar-refractivity contribution in [1.29, 1.82) is 0 Å². The first kappa shape index (κ1) is 25.7. The lowest BCUT2D eigenvalue weighted by atomic mass is 9.94. The van der Waals surface area contributed by atoms with Crippen LogP contribution in [0.4, 0.5) is 9.18 Å². The van der Waals surface area contributed by atoms with E-state index in [4.69, 9.17) is 14.2 Å². The van der Waals surface area contributed by atoms with Crippen molar-refractivity contribution in [1.82, 2.24) is 15.5 Å². The Morgan fingerprint density at radius 3 is 2.49 bits per heavy atom. The summed E-state index contributed by atoms with van der Waals surface area (Å²) in [6.45, 7) is 2.06. The lowest BCUT2D eigenvalue weighted by molar-refractivity contribution is -0.139. The van der Waals surface area contributed by atoms with Crippen LogP contribution in [0.2, 0.25) is 0 Å². The van der Waals surface area contributed by atoms with Crippen LogP contribution in [-0.2, 0) is 14.3 Å². The summed E-state index contributed by atoms with van der Waals surface area (Å²) in [6.07, 6.45) is 0. The molecule has 0 aromatic heterocycles. The summed E-state index contributed by atoms with van der Waals surface area (Å²) in [6, 6.07) is 10.6. The van der Waals surface area contributed by atoms with Crippen molar-refractivity contribution in [2.75, 3.05) is 40.5 Å². The van der Waals surface area contributed by atoms with E-state index < -0.39 is 23.9 Å². The molecule has 2 N–H and O–H groups in total. The Morgan fingerprint density at radius 2 is 1.86 bits per heavy atom. The molecule has 10 heteroatoms. The van der Waals surface area contributed by atoms with E-state index in [9.17, 15) is 18.8 Å². The summed E-state index contributed by atoms with van der Waals surface area (Å²) < 4.78 is 29.5. The number of hydrogen-bond acceptors (Lipinski definition) is 6. The second-order valence-electron chi connectivity index (χ2n) is 7.65. The average molecular weight is 486 g/mol. The van der Waals surface area contributed by atoms with Gasteiger partial charge in [0, 0.05) is 19.2 Å². The number of carbonyl (C=O) groups excluding carboxylic acids is 3. The zero-order chi connectivity index (χ0) is 25.4. The van der Waals surface area contributed by atoms with Crippen LogP contribution in [0.1, 0.15) is 28.9 Å². The fraction of sp³-hybridized carbons (Fsp3) is 0.320. The molecule has 186 valence electrons. The van der Waals surface area contributed by atoms with Crippen molar-refractivity contribution >= 4 is 17.9 Å². The van der Waals surface area contributed by atoms with Gasteiger partial charge in [-0.2, -0.15) is 0 Å². The Kier molecular flexibility index (Phi) is 8.80. The van der Waals surface area contributed by atoms with Gasteiger partial charge in [0.2, 0.25) is 0 Å². The Hall–Kier alpha value is -3.92. The highest BCUT2D eigenvalue weighted by molar-refractivity contribution is 5.97. The topological polar surface area (TPSA) is 106 Å². The number of nitrogens with zero attached hydrogens (tertiary/aromatic N) is 1. The molecular weight excluding hydrogens is 457 g/mol. The van der Waals surface area contributed by atoms with Gasteiger partial charge in [0.05, 0.1) is 44.2 Å². The number of ether oxygens (including phenoxy) is 3. The minimum Gasteiger partial charge on any atom is -0.497 e. The number of nitrogens with one attached hydrogen (secondary N) is 2. The Labute approximate surface area is 202 Å². The second-order valence-corrected chi connectivity index (χ2v) is 7.65. The SMILES string of the molecule is CCOC(=O)C1=C(CN(CCOC)C(=O)c2ccc(OC)cc2)NC(=O)N[C@@H]1c1cccc(F)c1. The summed E-state index contributed by atoms with van der Waals surface area (Å²) in [4.78, 5) is 40.3. The fourth-order valence-electron chi connectivity index (χ4n) is 3.69. The summed E-state index contributed by atoms with van der Waals surface area (Å²) in [7, 11) is 3.03. The highest BCUT2D eigenvalue weighted by Crippen LogP contribution is 2.29. The van der Waals surface area contributed by atoms with E-state index in [1.54, 1.807) is 37.3 Å². The molecule has 3 rings (SSSR count). The maximum absolute atomic E-state index is 14.0. The quantitative estimate of drug-likeness (QED) is 0.502. The zero-order valence-corrected chi connectivity index (χ0v) is 19.8. The van der Waals surface area contributed by atoms with E-state index in [0.29, 0.717) is 16.9 Å². The van der Waals surface area contributed by atoms with Crippen LogP contribution in [0.3, 0.4) is 0 Å². The van der Waals surface area contributed by atoms with Crippen molar-refractivity contribution in [2.24, 2.45) is 0 Å². The minimum atomic E-state index is -0.964. The van der Waals surface area contributed by atoms with Crippen molar-refractivity contribution in [2.45, 2.75) is 13.0 Å². The van der Waals surface area contributed by atoms with E-state index in [2.05, 4.69) is 10.6 Å². The van der Waals surface area contributed by atoms with Crippen LogP contribution in [0.15, 0.2) is 59.8 Å². The molecule has 0 radical (unpaired) electrons. The van der Waals surface area contributed by atoms with Gasteiger partial charge in [-0.05, 0) is 48.9 Å². The number of rotatable bonds is 10. The minimum absolute atomic E-state index is 0.0852. The van der Waals surface area contributed by atoms with Gasteiger partial charge in [0.15, 0.2) is 0 Å². The van der Waals surface area contributed by atoms with E-state index in [-0.39, 0.29) is 43.5 Å². The smallest absolute Gasteiger partial charge is 0.338 e. The standard InChI is InChI=1S/C25H28FN3O6/c1-4-35-24(31)21-20(27-25(32)28-22(21)17-6-5-7-18(26)14-17)15-29(12-13-33-2)23(30)16-8-10-19(34-3)11-9-16/h5-11,14,22H,4,12-13,15H2,1-3H3,(H2,27,28,32)/t22-/m1/s1. The van der Waals surface area contributed by atoms with Crippen LogP contribution in [0.5, 0.6) is 5.75 Å². The molecular formula is C25H28FN3O6. The van der Waals surface area contributed by atoms with Crippen LogP contribution < -0.4 is 15.4 Å². The molecule has 0 unspecified atom stereocenters. The molecule has 0 saturated carbocycles. The molecule has 1 aliphatic rings. The summed E-state index contributed by atoms with van der Waals surface area (Å²) in [5.41, 5.74) is 1.02. The summed E-state index contributed by atoms with van der Waals surface area (Å²) in [5.74, 6) is -0.944. The van der Waals surface area contributed by atoms with Gasteiger partial charge in [0.1, 0.15) is 11.6 Å². The van der Waals surface area contributed by atoms with Gasteiger partial charge in [-0.25, -0.2) is 14.0 Å². The van der Waals surface area contributed by atoms with Crippen molar-refractivity contribution < 1.29 is 33.0 Å². The zero-order valence-electron chi connectivity index (χ0n) is 19.8. The molecule has 2 aromatic rings. The average Bonchev–Trinajstić information content (AvgIpc) is 2.86. The molecule has 0 bridgehead atoms. The Balaban J connectivity index is 2.03. The Morgan fingerprint density at radius 1 is 1.11 bits per heavy atom. The van der Waals surface area contributed by atoms with Crippen LogP contribution in [-0.4, -0.2) is 63.3 Å². The van der Waals surface area contributed by atoms with Crippen molar-refractivity contribution in [3.8, 4) is 5.75 Å². The molecule has 1 heterocycles. The van der Waals surface area contributed by atoms with E-state index in [1.807, 2.05) is 0 Å². The molecule has 1 aliphatic heterocycles. The molecule has 3 amide bonds. The third-order valence-electron chi connectivity index (χ3n) is 5.37. The molecule has 0 fully saturated rings. The number of urea groups is 1. The monoisotopic (exact) mass is 485 g/mol. The molecule has 0 spiro atoms. The van der Waals surface area contributed by atoms with E-state index in [0.717, 1.165) is 0 Å². The number of benzene rings is 2. The second kappa shape index (κ2) is 12.0. The van der Waals surface area contributed by atoms with Gasteiger partial charge < -0.3 is 29.7 Å².